The van der Waals surface area contributed by atoms with Crippen molar-refractivity contribution in [2.24, 2.45) is 0 Å². The Morgan fingerprint density at radius 2 is 1.59 bits per heavy atom. The van der Waals surface area contributed by atoms with Crippen LogP contribution in [0.5, 0.6) is 5.75 Å². The van der Waals surface area contributed by atoms with E-state index in [4.69, 9.17) is 34.8 Å². The van der Waals surface area contributed by atoms with Crippen LogP contribution in [0.25, 0.3) is 6.08 Å². The Labute approximate surface area is 204 Å². The molecule has 1 aliphatic heterocycles. The lowest BCUT2D eigenvalue weighted by Crippen LogP contribution is -2.27. The van der Waals surface area contributed by atoms with Crippen LogP contribution in [0, 0.1) is 0 Å². The van der Waals surface area contributed by atoms with Gasteiger partial charge in [0.05, 0.1) is 11.4 Å². The molecule has 1 aliphatic rings. The third kappa shape index (κ3) is 4.81. The number of carbonyl (C=O) groups excluding carboxylic acids is 2. The van der Waals surface area contributed by atoms with E-state index in [2.05, 4.69) is 0 Å². The number of phenols is 1. The first kappa shape index (κ1) is 22.7. The van der Waals surface area contributed by atoms with Gasteiger partial charge in [-0.25, -0.2) is 0 Å². The van der Waals surface area contributed by atoms with E-state index in [1.54, 1.807) is 36.4 Å². The summed E-state index contributed by atoms with van der Waals surface area (Å²) in [5, 5.41) is 11.3. The number of aromatic hydroxyl groups is 1. The Bertz CT molecular complexity index is 1240. The van der Waals surface area contributed by atoms with Crippen LogP contribution in [0.4, 0.5) is 4.79 Å². The third-order valence-corrected chi connectivity index (χ3v) is 6.97. The molecular formula is C24H16Cl3NO3S. The van der Waals surface area contributed by atoms with Gasteiger partial charge in [-0.15, -0.1) is 0 Å². The first-order valence-corrected chi connectivity index (χ1v) is 11.5. The lowest BCUT2D eigenvalue weighted by atomic mass is 10.0. The van der Waals surface area contributed by atoms with Crippen molar-refractivity contribution in [2.75, 3.05) is 0 Å². The highest BCUT2D eigenvalue weighted by Crippen LogP contribution is 2.37. The SMILES string of the molecule is O=C1S/C(=C\c2cc(Cc3ccccc3Cl)ccc2O)C(=O)N1Cc1c(Cl)cccc1Cl. The second kappa shape index (κ2) is 9.59. The van der Waals surface area contributed by atoms with Crippen LogP contribution in [0.15, 0.2) is 65.6 Å². The number of benzene rings is 3. The average molecular weight is 505 g/mol. The molecule has 0 atom stereocenters. The maximum absolute atomic E-state index is 12.9. The van der Waals surface area contributed by atoms with Crippen molar-refractivity contribution >= 4 is 63.8 Å². The summed E-state index contributed by atoms with van der Waals surface area (Å²) in [7, 11) is 0. The van der Waals surface area contributed by atoms with Gasteiger partial charge in [-0.05, 0) is 65.7 Å². The van der Waals surface area contributed by atoms with Gasteiger partial charge in [0.1, 0.15) is 5.75 Å². The normalized spacial score (nSPS) is 15.1. The van der Waals surface area contributed by atoms with Crippen LogP contribution in [0.1, 0.15) is 22.3 Å². The van der Waals surface area contributed by atoms with Crippen molar-refractivity contribution in [3.8, 4) is 5.75 Å². The van der Waals surface area contributed by atoms with Crippen molar-refractivity contribution in [1.82, 2.24) is 4.90 Å². The van der Waals surface area contributed by atoms with E-state index in [-0.39, 0.29) is 17.2 Å². The van der Waals surface area contributed by atoms with Gasteiger partial charge in [-0.1, -0.05) is 65.1 Å². The molecule has 0 aliphatic carbocycles. The molecule has 1 heterocycles. The van der Waals surface area contributed by atoms with Crippen LogP contribution in [-0.2, 0) is 17.8 Å². The Balaban J connectivity index is 1.59. The van der Waals surface area contributed by atoms with E-state index < -0.39 is 11.1 Å². The molecule has 4 nitrogen and oxygen atoms in total. The van der Waals surface area contributed by atoms with Crippen molar-refractivity contribution in [3.05, 3.63) is 103 Å². The quantitative estimate of drug-likeness (QED) is 0.374. The molecule has 0 radical (unpaired) electrons. The molecule has 32 heavy (non-hydrogen) atoms. The summed E-state index contributed by atoms with van der Waals surface area (Å²) in [5.74, 6) is -0.458. The van der Waals surface area contributed by atoms with E-state index in [9.17, 15) is 14.7 Å². The van der Waals surface area contributed by atoms with E-state index >= 15 is 0 Å². The zero-order valence-electron chi connectivity index (χ0n) is 16.5. The van der Waals surface area contributed by atoms with Crippen molar-refractivity contribution in [1.29, 1.82) is 0 Å². The zero-order valence-corrected chi connectivity index (χ0v) is 19.6. The Morgan fingerprint density at radius 3 is 2.31 bits per heavy atom. The highest BCUT2D eigenvalue weighted by atomic mass is 35.5. The number of amides is 2. The van der Waals surface area contributed by atoms with Gasteiger partial charge in [0.25, 0.3) is 11.1 Å². The van der Waals surface area contributed by atoms with Crippen LogP contribution >= 0.6 is 46.6 Å². The smallest absolute Gasteiger partial charge is 0.293 e. The van der Waals surface area contributed by atoms with Crippen LogP contribution in [-0.4, -0.2) is 21.2 Å². The van der Waals surface area contributed by atoms with Crippen LogP contribution < -0.4 is 0 Å². The van der Waals surface area contributed by atoms with Gasteiger partial charge in [-0.2, -0.15) is 0 Å². The largest absolute Gasteiger partial charge is 0.507 e. The van der Waals surface area contributed by atoms with Gasteiger partial charge >= 0.3 is 0 Å². The lowest BCUT2D eigenvalue weighted by Gasteiger charge is -2.14. The fourth-order valence-electron chi connectivity index (χ4n) is 3.31. The molecule has 0 saturated carbocycles. The number of phenolic OH excluding ortho intramolecular Hbond substituents is 1. The maximum Gasteiger partial charge on any atom is 0.293 e. The summed E-state index contributed by atoms with van der Waals surface area (Å²) in [4.78, 5) is 26.7. The monoisotopic (exact) mass is 503 g/mol. The molecule has 1 fully saturated rings. The highest BCUT2D eigenvalue weighted by molar-refractivity contribution is 8.18. The Hall–Kier alpha value is -2.44. The molecule has 0 bridgehead atoms. The third-order valence-electron chi connectivity index (χ3n) is 4.98. The van der Waals surface area contributed by atoms with Gasteiger partial charge in [0.2, 0.25) is 0 Å². The predicted octanol–water partition coefficient (Wildman–Crippen LogP) is 7.18. The van der Waals surface area contributed by atoms with Crippen molar-refractivity contribution in [3.63, 3.8) is 0 Å². The molecule has 0 unspecified atom stereocenters. The van der Waals surface area contributed by atoms with Crippen molar-refractivity contribution < 1.29 is 14.7 Å². The first-order chi connectivity index (χ1) is 15.3. The summed E-state index contributed by atoms with van der Waals surface area (Å²) in [6.07, 6.45) is 2.08. The van der Waals surface area contributed by atoms with Gasteiger partial charge in [0, 0.05) is 26.2 Å². The summed E-state index contributed by atoms with van der Waals surface area (Å²) in [5.41, 5.74) is 2.80. The standard InChI is InChI=1S/C24H16Cl3NO3S/c25-18-5-2-1-4-15(18)10-14-8-9-21(29)16(11-14)12-22-23(30)28(24(31)32-22)13-17-19(26)6-3-7-20(17)27/h1-9,11-12,29H,10,13H2/b22-12-. The summed E-state index contributed by atoms with van der Waals surface area (Å²) in [6, 6.07) is 17.6. The van der Waals surface area contributed by atoms with E-state index in [0.717, 1.165) is 27.8 Å². The number of nitrogens with zero attached hydrogens (tertiary/aromatic N) is 1. The minimum atomic E-state index is -0.466. The summed E-state index contributed by atoms with van der Waals surface area (Å²) >= 11 is 19.4. The molecule has 0 spiro atoms. The number of hydrogen-bond donors (Lipinski definition) is 1. The molecule has 0 aromatic heterocycles. The zero-order chi connectivity index (χ0) is 22.8. The topological polar surface area (TPSA) is 57.6 Å². The molecule has 3 aromatic carbocycles. The van der Waals surface area contributed by atoms with Crippen LogP contribution in [0.3, 0.4) is 0 Å². The average Bonchev–Trinajstić information content (AvgIpc) is 3.02. The fraction of sp³-hybridized carbons (Fsp3) is 0.0833. The minimum Gasteiger partial charge on any atom is -0.507 e. The minimum absolute atomic E-state index is 0.00820. The Kier molecular flexibility index (Phi) is 6.82. The molecular weight excluding hydrogens is 489 g/mol. The number of thioether (sulfide) groups is 1. The first-order valence-electron chi connectivity index (χ1n) is 9.57. The second-order valence-corrected chi connectivity index (χ2v) is 9.34. The number of halogens is 3. The maximum atomic E-state index is 12.9. The number of imide groups is 1. The predicted molar refractivity (Wildman–Crippen MR) is 130 cm³/mol. The number of hydrogen-bond acceptors (Lipinski definition) is 4. The number of carbonyl (C=O) groups is 2. The Morgan fingerprint density at radius 1 is 0.906 bits per heavy atom. The summed E-state index contributed by atoms with van der Waals surface area (Å²) in [6.45, 7) is -0.0287. The molecule has 1 saturated heterocycles. The molecule has 3 aromatic rings. The van der Waals surface area contributed by atoms with Crippen LogP contribution in [0.2, 0.25) is 15.1 Å². The van der Waals surface area contributed by atoms with E-state index in [1.807, 2.05) is 24.3 Å². The van der Waals surface area contributed by atoms with E-state index in [1.165, 1.54) is 6.08 Å². The van der Waals surface area contributed by atoms with E-state index in [0.29, 0.717) is 32.6 Å². The highest BCUT2D eigenvalue weighted by Gasteiger charge is 2.36. The molecule has 1 N–H and O–H groups in total. The second-order valence-electron chi connectivity index (χ2n) is 7.13. The van der Waals surface area contributed by atoms with Gasteiger partial charge in [-0.3, -0.25) is 14.5 Å². The molecule has 162 valence electrons. The molecule has 8 heteroatoms. The lowest BCUT2D eigenvalue weighted by molar-refractivity contribution is -0.123. The summed E-state index contributed by atoms with van der Waals surface area (Å²) < 4.78 is 0. The molecule has 2 amide bonds. The van der Waals surface area contributed by atoms with Gasteiger partial charge in [0.15, 0.2) is 0 Å². The number of rotatable bonds is 5. The van der Waals surface area contributed by atoms with Crippen molar-refractivity contribution in [2.45, 2.75) is 13.0 Å². The van der Waals surface area contributed by atoms with Gasteiger partial charge < -0.3 is 5.11 Å². The fourth-order valence-corrected chi connectivity index (χ4v) is 4.86. The molecule has 4 rings (SSSR count).